The van der Waals surface area contributed by atoms with Gasteiger partial charge in [-0.25, -0.2) is 8.42 Å². The van der Waals surface area contributed by atoms with Gasteiger partial charge in [0.2, 0.25) is 0 Å². The summed E-state index contributed by atoms with van der Waals surface area (Å²) in [5.74, 6) is -0.323. The Bertz CT molecular complexity index is 2200. The van der Waals surface area contributed by atoms with Crippen LogP contribution in [0.3, 0.4) is 0 Å². The zero-order chi connectivity index (χ0) is 31.5. The number of hydrogen-bond donors (Lipinski definition) is 2. The number of azo groups is 3. The molecule has 0 aliphatic heterocycles. The van der Waals surface area contributed by atoms with E-state index in [2.05, 4.69) is 30.7 Å². The molecule has 0 aliphatic rings. The van der Waals surface area contributed by atoms with E-state index in [1.165, 1.54) is 42.5 Å². The zero-order valence-electron chi connectivity index (χ0n) is 24.2. The van der Waals surface area contributed by atoms with Crippen LogP contribution in [0.2, 0.25) is 0 Å². The molecule has 0 spiro atoms. The normalized spacial score (nSPS) is 12.0. The van der Waals surface area contributed by atoms with Crippen molar-refractivity contribution in [3.63, 3.8) is 0 Å². The van der Waals surface area contributed by atoms with Crippen molar-refractivity contribution in [2.24, 2.45) is 30.7 Å². The summed E-state index contributed by atoms with van der Waals surface area (Å²) < 4.78 is 70.2. The van der Waals surface area contributed by atoms with E-state index in [9.17, 15) is 31.0 Å². The second kappa shape index (κ2) is 15.4. The topological polar surface area (TPSA) is 235 Å². The quantitative estimate of drug-likeness (QED) is 0.103. The predicted octanol–water partition coefficient (Wildman–Crippen LogP) is 0.901. The monoisotopic (exact) mass is 675 g/mol. The second-order valence-corrected chi connectivity index (χ2v) is 11.8. The summed E-state index contributed by atoms with van der Waals surface area (Å²) in [6.45, 7) is 0. The molecule has 0 saturated carbocycles. The van der Waals surface area contributed by atoms with E-state index >= 15 is 0 Å². The number of anilines is 1. The molecule has 0 radical (unpaired) electrons. The van der Waals surface area contributed by atoms with Crippen LogP contribution in [0.15, 0.2) is 138 Å². The summed E-state index contributed by atoms with van der Waals surface area (Å²) in [4.78, 5) is -1.40. The first-order valence-electron chi connectivity index (χ1n) is 12.4. The van der Waals surface area contributed by atoms with Crippen molar-refractivity contribution in [3.8, 4) is 5.75 Å². The smallest absolute Gasteiger partial charge is 0.871 e. The Morgan fingerprint density at radius 3 is 1.52 bits per heavy atom. The minimum Gasteiger partial charge on any atom is -0.871 e. The van der Waals surface area contributed by atoms with Crippen LogP contribution in [0.5, 0.6) is 5.75 Å². The van der Waals surface area contributed by atoms with Crippen LogP contribution in [-0.2, 0) is 20.2 Å². The van der Waals surface area contributed by atoms with Crippen molar-refractivity contribution in [2.45, 2.75) is 9.79 Å². The molecule has 0 atom stereocenters. The first-order valence-corrected chi connectivity index (χ1v) is 15.2. The number of nitrogens with two attached hydrogens (primary N) is 1. The van der Waals surface area contributed by atoms with Crippen LogP contribution in [0.4, 0.5) is 39.8 Å². The molecule has 5 rings (SSSR count). The van der Waals surface area contributed by atoms with Gasteiger partial charge in [0.25, 0.3) is 10.1 Å². The molecule has 0 unspecified atom stereocenters. The number of nitrogen functional groups attached to an aromatic ring is 1. The van der Waals surface area contributed by atoms with Crippen molar-refractivity contribution in [1.29, 1.82) is 0 Å². The van der Waals surface area contributed by atoms with E-state index in [-0.39, 0.29) is 98.4 Å². The molecule has 3 N–H and O–H groups in total. The summed E-state index contributed by atoms with van der Waals surface area (Å²) >= 11 is 0. The third-order valence-corrected chi connectivity index (χ3v) is 7.72. The van der Waals surface area contributed by atoms with Gasteiger partial charge in [-0.1, -0.05) is 30.0 Å². The first-order chi connectivity index (χ1) is 20.9. The van der Waals surface area contributed by atoms with Crippen LogP contribution < -0.4 is 70.0 Å². The Balaban J connectivity index is 0.00000288. The average molecular weight is 676 g/mol. The molecule has 46 heavy (non-hydrogen) atoms. The van der Waals surface area contributed by atoms with Crippen LogP contribution in [0.1, 0.15) is 0 Å². The number of benzene rings is 5. The van der Waals surface area contributed by atoms with Crippen molar-refractivity contribution >= 4 is 70.8 Å². The number of rotatable bonds is 8. The standard InChI is InChI=1S/C28H21N7O7S2.2Na/c29-23-16-22(10-11-26(23)36)33-30-20-6-8-21(9-7-20)32-35-25-13-17-12-24(34-31-19-4-2-1-3-5-19)27(43(37,38)39)14-18(17)15-28(25)44(40,41)42;;/h1-16,36H,29H2,(H,37,38,39)(H,40,41,42);;/q;2*+1/p-2. The van der Waals surface area contributed by atoms with Gasteiger partial charge >= 0.3 is 59.1 Å². The Morgan fingerprint density at radius 2 is 1.00 bits per heavy atom. The van der Waals surface area contributed by atoms with Gasteiger partial charge in [0.05, 0.1) is 27.6 Å². The van der Waals surface area contributed by atoms with Crippen LogP contribution in [0.25, 0.3) is 10.8 Å². The van der Waals surface area contributed by atoms with Crippen LogP contribution in [0, 0.1) is 0 Å². The van der Waals surface area contributed by atoms with E-state index in [0.717, 1.165) is 12.1 Å². The SMILES string of the molecule is Nc1cc(N=Nc2ccc(N=Nc3cc4cc(N=Nc5ccccc5)c(S(=O)(=O)[O-])cc4cc3S(=O)(=O)O)cc2)ccc1[O-].[Na+].[Na+]. The summed E-state index contributed by atoms with van der Waals surface area (Å²) in [6, 6.07) is 23.1. The maximum absolute atomic E-state index is 12.2. The minimum absolute atomic E-state index is 0. The van der Waals surface area contributed by atoms with Gasteiger partial charge in [-0.3, -0.25) is 4.55 Å². The van der Waals surface area contributed by atoms with Gasteiger partial charge in [0.15, 0.2) is 0 Å². The summed E-state index contributed by atoms with van der Waals surface area (Å²) in [6.07, 6.45) is 0. The molecule has 14 nitrogen and oxygen atoms in total. The molecule has 0 bridgehead atoms. The molecule has 222 valence electrons. The third kappa shape index (κ3) is 9.32. The Labute approximate surface area is 307 Å². The van der Waals surface area contributed by atoms with E-state index in [1.54, 1.807) is 42.5 Å². The van der Waals surface area contributed by atoms with Crippen LogP contribution in [-0.4, -0.2) is 25.9 Å². The molecule has 0 aliphatic carbocycles. The molecule has 5 aromatic carbocycles. The predicted molar refractivity (Wildman–Crippen MR) is 157 cm³/mol. The average Bonchev–Trinajstić information content (AvgIpc) is 2.98. The number of hydrogen-bond acceptors (Lipinski definition) is 13. The van der Waals surface area contributed by atoms with Gasteiger partial charge in [-0.2, -0.15) is 28.9 Å². The molecule has 5 aromatic rings. The number of nitrogens with zero attached hydrogens (tertiary/aromatic N) is 6. The summed E-state index contributed by atoms with van der Waals surface area (Å²) in [5, 5.41) is 35.6. The maximum Gasteiger partial charge on any atom is 1.00 e. The van der Waals surface area contributed by atoms with Crippen molar-refractivity contribution in [1.82, 2.24) is 0 Å². The third-order valence-electron chi connectivity index (χ3n) is 5.97. The molecular weight excluding hydrogens is 656 g/mol. The van der Waals surface area contributed by atoms with Gasteiger partial charge < -0.3 is 15.4 Å². The van der Waals surface area contributed by atoms with Crippen molar-refractivity contribution in [3.05, 3.63) is 97.1 Å². The molecule has 0 saturated heterocycles. The van der Waals surface area contributed by atoms with Gasteiger partial charge in [-0.05, 0) is 83.6 Å². The largest absolute Gasteiger partial charge is 1.00 e. The molecule has 0 heterocycles. The van der Waals surface area contributed by atoms with Gasteiger partial charge in [-0.15, -0.1) is 10.2 Å². The van der Waals surface area contributed by atoms with Crippen LogP contribution >= 0.6 is 0 Å². The van der Waals surface area contributed by atoms with Crippen molar-refractivity contribution in [2.75, 3.05) is 5.73 Å². The Hall–Kier alpha value is -3.42. The van der Waals surface area contributed by atoms with Gasteiger partial charge in [0.1, 0.15) is 26.4 Å². The fourth-order valence-corrected chi connectivity index (χ4v) is 5.13. The van der Waals surface area contributed by atoms with E-state index in [0.29, 0.717) is 17.1 Å². The first kappa shape index (κ1) is 37.0. The van der Waals surface area contributed by atoms with E-state index < -0.39 is 30.0 Å². The summed E-state index contributed by atoms with van der Waals surface area (Å²) in [7, 11) is -9.91. The maximum atomic E-state index is 12.2. The molecule has 0 amide bonds. The zero-order valence-corrected chi connectivity index (χ0v) is 29.8. The van der Waals surface area contributed by atoms with E-state index in [4.69, 9.17) is 5.73 Å². The Kier molecular flexibility index (Phi) is 12.4. The fraction of sp³-hybridized carbons (Fsp3) is 0. The number of fused-ring (bicyclic) bond motifs is 1. The minimum atomic E-state index is -5.05. The molecule has 0 fully saturated rings. The Morgan fingerprint density at radius 1 is 0.565 bits per heavy atom. The van der Waals surface area contributed by atoms with Gasteiger partial charge in [0, 0.05) is 5.69 Å². The molecule has 0 aromatic heterocycles. The molecular formula is C28H19N7Na2O7S2. The fourth-order valence-electron chi connectivity index (χ4n) is 3.86. The summed E-state index contributed by atoms with van der Waals surface area (Å²) in [5.41, 5.74) is 6.57. The second-order valence-electron chi connectivity index (χ2n) is 9.09. The molecule has 18 heteroatoms. The van der Waals surface area contributed by atoms with Crippen molar-refractivity contribution < 1.29 is 90.2 Å². The van der Waals surface area contributed by atoms with E-state index in [1.807, 2.05) is 0 Å².